The highest BCUT2D eigenvalue weighted by atomic mass is 16.3. The van der Waals surface area contributed by atoms with Gasteiger partial charge in [-0.2, -0.15) is 15.4 Å². The molecule has 0 aliphatic carbocycles. The quantitative estimate of drug-likeness (QED) is 0.726. The van der Waals surface area contributed by atoms with Crippen LogP contribution in [-0.2, 0) is 0 Å². The molecule has 0 bridgehead atoms. The van der Waals surface area contributed by atoms with E-state index in [-0.39, 0.29) is 6.04 Å². The first-order valence-electron chi connectivity index (χ1n) is 3.97. The summed E-state index contributed by atoms with van der Waals surface area (Å²) in [6.07, 6.45) is 5.02. The fraction of sp³-hybridized carbons (Fsp3) is 0.250. The van der Waals surface area contributed by atoms with Crippen molar-refractivity contribution in [2.45, 2.75) is 6.04 Å². The monoisotopic (exact) mass is 178 g/mol. The molecule has 0 amide bonds. The topological polar surface area (TPSA) is 66.7 Å². The molecule has 0 spiro atoms. The van der Waals surface area contributed by atoms with Crippen molar-refractivity contribution >= 4 is 0 Å². The van der Waals surface area contributed by atoms with Crippen molar-refractivity contribution in [1.82, 2.24) is 20.7 Å². The molecule has 1 atom stereocenters. The molecule has 1 unspecified atom stereocenters. The summed E-state index contributed by atoms with van der Waals surface area (Å²) in [5.41, 5.74) is 1.89. The van der Waals surface area contributed by atoms with E-state index in [0.717, 1.165) is 11.3 Å². The van der Waals surface area contributed by atoms with E-state index in [1.54, 1.807) is 18.7 Å². The third kappa shape index (κ3) is 1.46. The summed E-state index contributed by atoms with van der Waals surface area (Å²) in [5.74, 6) is 0. The number of aromatic amines is 1. The number of nitrogens with one attached hydrogen (secondary N) is 2. The summed E-state index contributed by atoms with van der Waals surface area (Å²) in [7, 11) is 1.87. The summed E-state index contributed by atoms with van der Waals surface area (Å²) in [4.78, 5) is 0. The van der Waals surface area contributed by atoms with Crippen molar-refractivity contribution < 1.29 is 4.42 Å². The van der Waals surface area contributed by atoms with E-state index in [0.29, 0.717) is 0 Å². The van der Waals surface area contributed by atoms with E-state index in [1.807, 2.05) is 13.1 Å². The second-order valence-electron chi connectivity index (χ2n) is 2.67. The van der Waals surface area contributed by atoms with E-state index in [4.69, 9.17) is 4.42 Å². The zero-order valence-electron chi connectivity index (χ0n) is 7.19. The largest absolute Gasteiger partial charge is 0.472 e. The van der Waals surface area contributed by atoms with E-state index in [9.17, 15) is 0 Å². The van der Waals surface area contributed by atoms with Crippen LogP contribution in [0.25, 0.3) is 0 Å². The Hall–Kier alpha value is -1.62. The molecule has 0 radical (unpaired) electrons. The molecular formula is C8H10N4O. The normalized spacial score (nSPS) is 13.0. The smallest absolute Gasteiger partial charge is 0.104 e. The number of rotatable bonds is 3. The maximum atomic E-state index is 5.00. The molecule has 2 heterocycles. The summed E-state index contributed by atoms with van der Waals surface area (Å²) in [5, 5.41) is 13.5. The Morgan fingerprint density at radius 3 is 3.08 bits per heavy atom. The van der Waals surface area contributed by atoms with Crippen molar-refractivity contribution in [2.24, 2.45) is 0 Å². The first-order valence-corrected chi connectivity index (χ1v) is 3.97. The lowest BCUT2D eigenvalue weighted by Crippen LogP contribution is -2.17. The van der Waals surface area contributed by atoms with Crippen LogP contribution in [-0.4, -0.2) is 22.5 Å². The number of H-pyrrole nitrogens is 1. The standard InChI is InChI=1S/C8H10N4O/c1-9-8(6-2-3-13-5-6)7-4-10-12-11-7/h2-5,8-9H,1H3,(H,10,11,12). The van der Waals surface area contributed by atoms with Gasteiger partial charge >= 0.3 is 0 Å². The van der Waals surface area contributed by atoms with Crippen LogP contribution >= 0.6 is 0 Å². The van der Waals surface area contributed by atoms with E-state index >= 15 is 0 Å². The molecule has 2 N–H and O–H groups in total. The van der Waals surface area contributed by atoms with Gasteiger partial charge in [0.2, 0.25) is 0 Å². The van der Waals surface area contributed by atoms with Crippen LogP contribution in [0.5, 0.6) is 0 Å². The van der Waals surface area contributed by atoms with Gasteiger partial charge in [-0.1, -0.05) is 0 Å². The van der Waals surface area contributed by atoms with Gasteiger partial charge in [-0.3, -0.25) is 0 Å². The molecule has 5 nitrogen and oxygen atoms in total. The average molecular weight is 178 g/mol. The van der Waals surface area contributed by atoms with Crippen molar-refractivity contribution in [2.75, 3.05) is 7.05 Å². The number of furan rings is 1. The fourth-order valence-corrected chi connectivity index (χ4v) is 1.27. The average Bonchev–Trinajstić information content (AvgIpc) is 2.76. The molecule has 0 fully saturated rings. The Bertz CT molecular complexity index is 306. The fourth-order valence-electron chi connectivity index (χ4n) is 1.27. The second kappa shape index (κ2) is 3.40. The van der Waals surface area contributed by atoms with E-state index in [1.165, 1.54) is 0 Å². The van der Waals surface area contributed by atoms with E-state index < -0.39 is 0 Å². The summed E-state index contributed by atoms with van der Waals surface area (Å²) < 4.78 is 5.00. The summed E-state index contributed by atoms with van der Waals surface area (Å²) >= 11 is 0. The first-order chi connectivity index (χ1) is 6.42. The van der Waals surface area contributed by atoms with Gasteiger partial charge in [0.1, 0.15) is 5.69 Å². The molecule has 13 heavy (non-hydrogen) atoms. The molecule has 0 saturated heterocycles. The Morgan fingerprint density at radius 2 is 2.54 bits per heavy atom. The number of aromatic nitrogens is 3. The molecule has 0 saturated carbocycles. The minimum Gasteiger partial charge on any atom is -0.472 e. The SMILES string of the molecule is CNC(c1ccoc1)c1cn[nH]n1. The van der Waals surface area contributed by atoms with Crippen LogP contribution < -0.4 is 5.32 Å². The lowest BCUT2D eigenvalue weighted by molar-refractivity contribution is 0.556. The predicted octanol–water partition coefficient (Wildman–Crippen LogP) is 0.706. The van der Waals surface area contributed by atoms with Gasteiger partial charge in [0.25, 0.3) is 0 Å². The number of nitrogens with zero attached hydrogens (tertiary/aromatic N) is 2. The Labute approximate surface area is 75.1 Å². The maximum Gasteiger partial charge on any atom is 0.104 e. The summed E-state index contributed by atoms with van der Waals surface area (Å²) in [6.45, 7) is 0. The van der Waals surface area contributed by atoms with Crippen LogP contribution in [0.1, 0.15) is 17.3 Å². The van der Waals surface area contributed by atoms with Crippen LogP contribution in [0.15, 0.2) is 29.2 Å². The van der Waals surface area contributed by atoms with Gasteiger partial charge in [-0.15, -0.1) is 0 Å². The van der Waals surface area contributed by atoms with Gasteiger partial charge in [0, 0.05) is 5.56 Å². The van der Waals surface area contributed by atoms with Gasteiger partial charge < -0.3 is 9.73 Å². The molecule has 0 aliphatic rings. The highest BCUT2D eigenvalue weighted by Crippen LogP contribution is 2.18. The van der Waals surface area contributed by atoms with Crippen molar-refractivity contribution in [3.05, 3.63) is 36.0 Å². The minimum atomic E-state index is 0.0394. The molecule has 0 aliphatic heterocycles. The van der Waals surface area contributed by atoms with E-state index in [2.05, 4.69) is 20.7 Å². The Morgan fingerprint density at radius 1 is 1.62 bits per heavy atom. The number of hydrogen-bond acceptors (Lipinski definition) is 4. The zero-order chi connectivity index (χ0) is 9.10. The lowest BCUT2D eigenvalue weighted by atomic mass is 10.1. The van der Waals surface area contributed by atoms with Crippen molar-refractivity contribution in [3.63, 3.8) is 0 Å². The zero-order valence-corrected chi connectivity index (χ0v) is 7.19. The van der Waals surface area contributed by atoms with Gasteiger partial charge in [-0.05, 0) is 13.1 Å². The third-order valence-corrected chi connectivity index (χ3v) is 1.89. The van der Waals surface area contributed by atoms with Crippen LogP contribution in [0.2, 0.25) is 0 Å². The van der Waals surface area contributed by atoms with Gasteiger partial charge in [-0.25, -0.2) is 0 Å². The molecule has 2 aromatic heterocycles. The lowest BCUT2D eigenvalue weighted by Gasteiger charge is -2.09. The van der Waals surface area contributed by atoms with Gasteiger partial charge in [0.15, 0.2) is 0 Å². The first kappa shape index (κ1) is 8.00. The minimum absolute atomic E-state index is 0.0394. The predicted molar refractivity (Wildman–Crippen MR) is 46.0 cm³/mol. The Kier molecular flexibility index (Phi) is 2.09. The highest BCUT2D eigenvalue weighted by molar-refractivity contribution is 5.21. The summed E-state index contributed by atoms with van der Waals surface area (Å²) in [6, 6.07) is 1.94. The highest BCUT2D eigenvalue weighted by Gasteiger charge is 2.14. The van der Waals surface area contributed by atoms with Crippen LogP contribution in [0.4, 0.5) is 0 Å². The Balaban J connectivity index is 2.29. The second-order valence-corrected chi connectivity index (χ2v) is 2.67. The van der Waals surface area contributed by atoms with Crippen LogP contribution in [0, 0.1) is 0 Å². The number of hydrogen-bond donors (Lipinski definition) is 2. The van der Waals surface area contributed by atoms with Gasteiger partial charge in [0.05, 0.1) is 24.8 Å². The molecule has 2 rings (SSSR count). The molecule has 2 aromatic rings. The molecular weight excluding hydrogens is 168 g/mol. The van der Waals surface area contributed by atoms with Crippen molar-refractivity contribution in [1.29, 1.82) is 0 Å². The molecule has 5 heteroatoms. The maximum absolute atomic E-state index is 5.00. The van der Waals surface area contributed by atoms with Crippen molar-refractivity contribution in [3.8, 4) is 0 Å². The molecule has 0 aromatic carbocycles. The van der Waals surface area contributed by atoms with Crippen LogP contribution in [0.3, 0.4) is 0 Å². The third-order valence-electron chi connectivity index (χ3n) is 1.89. The molecule has 68 valence electrons.